The van der Waals surface area contributed by atoms with Gasteiger partial charge < -0.3 is 4.98 Å². The van der Waals surface area contributed by atoms with Crippen molar-refractivity contribution in [2.75, 3.05) is 0 Å². The van der Waals surface area contributed by atoms with Gasteiger partial charge in [-0.15, -0.1) is 0 Å². The standard InChI is InChI=1S/C23H19ClIN7/c1-15-3-2-4-19(28-15)23-22(17-7-10-21-26-14-27-32(21)12-17)29-20(30-23)13-31(25)11-16-5-8-18(24)9-6-16/h2-10,12,14H,11,13H2,1H3,(H,29,30). The zero-order valence-electron chi connectivity index (χ0n) is 17.2. The Labute approximate surface area is 204 Å². The molecule has 4 heterocycles. The molecule has 1 N–H and O–H groups in total. The predicted octanol–water partition coefficient (Wildman–Crippen LogP) is 5.50. The van der Waals surface area contributed by atoms with Crippen molar-refractivity contribution < 1.29 is 0 Å². The SMILES string of the molecule is Cc1cccc(-c2nc(CN(I)Cc3ccc(Cl)cc3)[nH]c2-c2ccc3ncnn3c2)n1. The van der Waals surface area contributed by atoms with Gasteiger partial charge in [0, 0.05) is 51.9 Å². The van der Waals surface area contributed by atoms with Crippen LogP contribution in [0.5, 0.6) is 0 Å². The molecular formula is C23H19ClIN7. The molecule has 160 valence electrons. The molecule has 5 aromatic rings. The summed E-state index contributed by atoms with van der Waals surface area (Å²) in [4.78, 5) is 17.4. The second kappa shape index (κ2) is 8.97. The van der Waals surface area contributed by atoms with Gasteiger partial charge in [0.25, 0.3) is 0 Å². The van der Waals surface area contributed by atoms with E-state index < -0.39 is 0 Å². The Bertz CT molecular complexity index is 1380. The minimum Gasteiger partial charge on any atom is -0.340 e. The van der Waals surface area contributed by atoms with E-state index in [2.05, 4.69) is 41.0 Å². The third kappa shape index (κ3) is 4.52. The molecule has 0 amide bonds. The Morgan fingerprint density at radius 2 is 1.88 bits per heavy atom. The molecule has 0 unspecified atom stereocenters. The van der Waals surface area contributed by atoms with Gasteiger partial charge in [-0.1, -0.05) is 29.8 Å². The number of nitrogens with zero attached hydrogens (tertiary/aromatic N) is 6. The van der Waals surface area contributed by atoms with Crippen LogP contribution >= 0.6 is 34.5 Å². The van der Waals surface area contributed by atoms with Crippen molar-refractivity contribution in [3.05, 3.63) is 89.2 Å². The van der Waals surface area contributed by atoms with Crippen molar-refractivity contribution in [1.82, 2.24) is 32.7 Å². The highest BCUT2D eigenvalue weighted by Crippen LogP contribution is 2.30. The van der Waals surface area contributed by atoms with E-state index in [4.69, 9.17) is 21.6 Å². The highest BCUT2D eigenvalue weighted by atomic mass is 127. The van der Waals surface area contributed by atoms with Crippen molar-refractivity contribution in [2.24, 2.45) is 0 Å². The lowest BCUT2D eigenvalue weighted by Crippen LogP contribution is -2.11. The third-order valence-corrected chi connectivity index (χ3v) is 5.97. The fourth-order valence-corrected chi connectivity index (χ4v) is 4.38. The zero-order valence-corrected chi connectivity index (χ0v) is 20.1. The molecular weight excluding hydrogens is 537 g/mol. The quantitative estimate of drug-likeness (QED) is 0.221. The lowest BCUT2D eigenvalue weighted by Gasteiger charge is -2.12. The van der Waals surface area contributed by atoms with Gasteiger partial charge in [-0.05, 0) is 48.9 Å². The van der Waals surface area contributed by atoms with Gasteiger partial charge in [0.05, 0.1) is 17.9 Å². The molecule has 0 aliphatic heterocycles. The Morgan fingerprint density at radius 1 is 1.03 bits per heavy atom. The van der Waals surface area contributed by atoms with E-state index in [1.54, 1.807) is 10.8 Å². The largest absolute Gasteiger partial charge is 0.340 e. The van der Waals surface area contributed by atoms with Crippen molar-refractivity contribution in [1.29, 1.82) is 0 Å². The molecule has 0 saturated heterocycles. The van der Waals surface area contributed by atoms with Crippen LogP contribution in [0.25, 0.3) is 28.3 Å². The van der Waals surface area contributed by atoms with Gasteiger partial charge in [0.2, 0.25) is 0 Å². The van der Waals surface area contributed by atoms with Crippen LogP contribution in [0.15, 0.2) is 67.1 Å². The number of hydrogen-bond acceptors (Lipinski definition) is 5. The number of pyridine rings is 2. The zero-order chi connectivity index (χ0) is 22.1. The van der Waals surface area contributed by atoms with Crippen LogP contribution < -0.4 is 0 Å². The molecule has 4 aromatic heterocycles. The van der Waals surface area contributed by atoms with Crippen LogP contribution in [-0.4, -0.2) is 32.7 Å². The summed E-state index contributed by atoms with van der Waals surface area (Å²) < 4.78 is 3.94. The number of benzene rings is 1. The van der Waals surface area contributed by atoms with Crippen LogP contribution in [0.4, 0.5) is 0 Å². The Kier molecular flexibility index (Phi) is 5.90. The first-order valence-electron chi connectivity index (χ1n) is 10.0. The first-order valence-corrected chi connectivity index (χ1v) is 11.4. The lowest BCUT2D eigenvalue weighted by molar-refractivity contribution is 0.490. The smallest absolute Gasteiger partial charge is 0.155 e. The number of aryl methyl sites for hydroxylation is 1. The Morgan fingerprint density at radius 3 is 2.69 bits per heavy atom. The number of H-pyrrole nitrogens is 1. The summed E-state index contributed by atoms with van der Waals surface area (Å²) in [5, 5.41) is 5.01. The van der Waals surface area contributed by atoms with E-state index in [-0.39, 0.29) is 0 Å². The monoisotopic (exact) mass is 555 g/mol. The van der Waals surface area contributed by atoms with E-state index in [1.807, 2.05) is 67.7 Å². The molecule has 5 rings (SSSR count). The van der Waals surface area contributed by atoms with E-state index in [0.29, 0.717) is 6.54 Å². The topological polar surface area (TPSA) is 75.0 Å². The molecule has 0 bridgehead atoms. The number of halogens is 2. The van der Waals surface area contributed by atoms with E-state index >= 15 is 0 Å². The number of aromatic nitrogens is 6. The summed E-state index contributed by atoms with van der Waals surface area (Å²) in [6, 6.07) is 17.8. The van der Waals surface area contributed by atoms with Crippen molar-refractivity contribution in [3.63, 3.8) is 0 Å². The first kappa shape index (κ1) is 21.0. The molecule has 32 heavy (non-hydrogen) atoms. The van der Waals surface area contributed by atoms with E-state index in [9.17, 15) is 0 Å². The van der Waals surface area contributed by atoms with Crippen LogP contribution in [0.3, 0.4) is 0 Å². The fourth-order valence-electron chi connectivity index (χ4n) is 3.54. The summed E-state index contributed by atoms with van der Waals surface area (Å²) in [5.74, 6) is 0.861. The molecule has 7 nitrogen and oxygen atoms in total. The van der Waals surface area contributed by atoms with Gasteiger partial charge in [-0.25, -0.2) is 17.6 Å². The third-order valence-electron chi connectivity index (χ3n) is 5.04. The van der Waals surface area contributed by atoms with Gasteiger partial charge in [-0.2, -0.15) is 5.10 Å². The van der Waals surface area contributed by atoms with Crippen LogP contribution in [0, 0.1) is 6.92 Å². The van der Waals surface area contributed by atoms with Crippen LogP contribution in [0.1, 0.15) is 17.1 Å². The molecule has 0 atom stereocenters. The van der Waals surface area contributed by atoms with E-state index in [0.717, 1.165) is 51.4 Å². The highest BCUT2D eigenvalue weighted by molar-refractivity contribution is 14.1. The van der Waals surface area contributed by atoms with Gasteiger partial charge in [-0.3, -0.25) is 4.98 Å². The lowest BCUT2D eigenvalue weighted by atomic mass is 10.1. The molecule has 0 saturated carbocycles. The number of aromatic amines is 1. The van der Waals surface area contributed by atoms with Crippen molar-refractivity contribution >= 4 is 40.1 Å². The van der Waals surface area contributed by atoms with Gasteiger partial charge in [0.1, 0.15) is 17.8 Å². The summed E-state index contributed by atoms with van der Waals surface area (Å²) in [5.41, 5.74) is 6.46. The number of fused-ring (bicyclic) bond motifs is 1. The summed E-state index contributed by atoms with van der Waals surface area (Å²) >= 11 is 8.33. The second-order valence-electron chi connectivity index (χ2n) is 7.46. The molecule has 0 radical (unpaired) electrons. The first-order chi connectivity index (χ1) is 15.5. The van der Waals surface area contributed by atoms with Crippen LogP contribution in [-0.2, 0) is 13.1 Å². The average molecular weight is 556 g/mol. The summed E-state index contributed by atoms with van der Waals surface area (Å²) in [6.07, 6.45) is 3.50. The van der Waals surface area contributed by atoms with Crippen molar-refractivity contribution in [3.8, 4) is 22.6 Å². The Hall–Kier alpha value is -2.82. The minimum atomic E-state index is 0.646. The van der Waals surface area contributed by atoms with Gasteiger partial charge >= 0.3 is 0 Å². The highest BCUT2D eigenvalue weighted by Gasteiger charge is 2.17. The number of rotatable bonds is 6. The molecule has 9 heteroatoms. The normalized spacial score (nSPS) is 11.5. The predicted molar refractivity (Wildman–Crippen MR) is 133 cm³/mol. The van der Waals surface area contributed by atoms with E-state index in [1.165, 1.54) is 5.56 Å². The molecule has 0 aliphatic carbocycles. The maximum absolute atomic E-state index is 6.01. The number of imidazole rings is 1. The summed E-state index contributed by atoms with van der Waals surface area (Å²) in [7, 11) is 0. The molecule has 0 aliphatic rings. The van der Waals surface area contributed by atoms with Crippen molar-refractivity contribution in [2.45, 2.75) is 20.0 Å². The maximum Gasteiger partial charge on any atom is 0.155 e. The average Bonchev–Trinajstić information content (AvgIpc) is 3.41. The molecule has 0 fully saturated rings. The fraction of sp³-hybridized carbons (Fsp3) is 0.130. The number of nitrogens with one attached hydrogen (secondary N) is 1. The molecule has 0 spiro atoms. The minimum absolute atomic E-state index is 0.646. The van der Waals surface area contributed by atoms with Gasteiger partial charge in [0.15, 0.2) is 5.65 Å². The number of hydrogen-bond donors (Lipinski definition) is 1. The Balaban J connectivity index is 1.49. The summed E-state index contributed by atoms with van der Waals surface area (Å²) in [6.45, 7) is 3.40. The maximum atomic E-state index is 6.01. The molecule has 1 aromatic carbocycles. The second-order valence-corrected chi connectivity index (χ2v) is 9.26. The van der Waals surface area contributed by atoms with Crippen LogP contribution in [0.2, 0.25) is 5.02 Å².